The predicted molar refractivity (Wildman–Crippen MR) is 79.7 cm³/mol. The Hall–Kier alpha value is -2.09. The van der Waals surface area contributed by atoms with Crippen LogP contribution in [0.2, 0.25) is 0 Å². The second kappa shape index (κ2) is 4.54. The zero-order valence-corrected chi connectivity index (χ0v) is 11.6. The van der Waals surface area contributed by atoms with E-state index in [1.165, 1.54) is 33.4 Å². The van der Waals surface area contributed by atoms with Gasteiger partial charge in [-0.2, -0.15) is 5.10 Å². The van der Waals surface area contributed by atoms with Crippen LogP contribution in [0.3, 0.4) is 0 Å². The van der Waals surface area contributed by atoms with Gasteiger partial charge in [0, 0.05) is 5.56 Å². The van der Waals surface area contributed by atoms with Gasteiger partial charge in [0.05, 0.1) is 12.3 Å². The molecule has 19 heavy (non-hydrogen) atoms. The van der Waals surface area contributed by atoms with E-state index in [1.807, 2.05) is 6.21 Å². The molecule has 1 N–H and O–H groups in total. The van der Waals surface area contributed by atoms with Crippen LogP contribution in [-0.4, -0.2) is 6.21 Å². The van der Waals surface area contributed by atoms with Crippen LogP contribution in [0.15, 0.2) is 41.5 Å². The highest BCUT2D eigenvalue weighted by Crippen LogP contribution is 2.31. The number of hydrazone groups is 1. The molecule has 1 unspecified atom stereocenters. The lowest BCUT2D eigenvalue weighted by Crippen LogP contribution is -2.24. The Morgan fingerprint density at radius 3 is 2.42 bits per heavy atom. The van der Waals surface area contributed by atoms with E-state index in [0.717, 1.165) is 0 Å². The van der Waals surface area contributed by atoms with Gasteiger partial charge in [-0.3, -0.25) is 5.43 Å². The first-order chi connectivity index (χ1) is 9.16. The zero-order valence-electron chi connectivity index (χ0n) is 11.6. The van der Waals surface area contributed by atoms with E-state index in [1.54, 1.807) is 0 Å². The van der Waals surface area contributed by atoms with Crippen LogP contribution in [0.1, 0.15) is 39.4 Å². The van der Waals surface area contributed by atoms with Gasteiger partial charge < -0.3 is 0 Å². The Labute approximate surface area is 114 Å². The molecule has 0 aromatic heterocycles. The lowest BCUT2D eigenvalue weighted by atomic mass is 9.88. The van der Waals surface area contributed by atoms with Crippen LogP contribution < -0.4 is 5.43 Å². The van der Waals surface area contributed by atoms with Gasteiger partial charge in [-0.05, 0) is 43.0 Å². The maximum Gasteiger partial charge on any atom is 0.0951 e. The van der Waals surface area contributed by atoms with Gasteiger partial charge in [0.25, 0.3) is 0 Å². The summed E-state index contributed by atoms with van der Waals surface area (Å²) in [6, 6.07) is 13.1. The second-order valence-corrected chi connectivity index (χ2v) is 5.26. The lowest BCUT2D eigenvalue weighted by Gasteiger charge is -2.26. The van der Waals surface area contributed by atoms with Crippen LogP contribution in [0.5, 0.6) is 0 Å². The monoisotopic (exact) mass is 250 g/mol. The van der Waals surface area contributed by atoms with E-state index in [-0.39, 0.29) is 6.04 Å². The van der Waals surface area contributed by atoms with Gasteiger partial charge in [0.15, 0.2) is 0 Å². The molecule has 2 aromatic carbocycles. The zero-order chi connectivity index (χ0) is 13.4. The summed E-state index contributed by atoms with van der Waals surface area (Å²) >= 11 is 0. The molecule has 0 radical (unpaired) electrons. The number of fused-ring (bicyclic) bond motifs is 1. The van der Waals surface area contributed by atoms with Crippen molar-refractivity contribution in [2.24, 2.45) is 5.10 Å². The maximum absolute atomic E-state index is 4.31. The molecule has 0 bridgehead atoms. The average Bonchev–Trinajstić information content (AvgIpc) is 2.38. The molecule has 0 saturated heterocycles. The number of nitrogens with one attached hydrogen (secondary N) is 1. The van der Waals surface area contributed by atoms with Crippen molar-refractivity contribution >= 4 is 6.21 Å². The number of benzene rings is 2. The Morgan fingerprint density at radius 1 is 1.00 bits per heavy atom. The molecule has 0 spiro atoms. The molecule has 2 nitrogen and oxygen atoms in total. The van der Waals surface area contributed by atoms with Crippen LogP contribution in [0.4, 0.5) is 0 Å². The highest BCUT2D eigenvalue weighted by atomic mass is 15.3. The first-order valence-electron chi connectivity index (χ1n) is 6.62. The van der Waals surface area contributed by atoms with Gasteiger partial charge in [0.2, 0.25) is 0 Å². The quantitative estimate of drug-likeness (QED) is 0.821. The van der Waals surface area contributed by atoms with E-state index < -0.39 is 0 Å². The molecule has 0 fully saturated rings. The molecule has 3 rings (SSSR count). The summed E-state index contributed by atoms with van der Waals surface area (Å²) < 4.78 is 0. The highest BCUT2D eigenvalue weighted by molar-refractivity contribution is 5.83. The Balaban J connectivity index is 2.17. The lowest BCUT2D eigenvalue weighted by molar-refractivity contribution is 0.625. The molecular formula is C17H18N2. The largest absolute Gasteiger partial charge is 0.298 e. The van der Waals surface area contributed by atoms with Gasteiger partial charge in [-0.1, -0.05) is 42.0 Å². The third-order valence-electron chi connectivity index (χ3n) is 3.74. The van der Waals surface area contributed by atoms with Gasteiger partial charge in [0.1, 0.15) is 0 Å². The number of aryl methyl sites for hydroxylation is 3. The van der Waals surface area contributed by atoms with Crippen LogP contribution in [-0.2, 0) is 0 Å². The number of hydrogen-bond acceptors (Lipinski definition) is 2. The molecule has 0 amide bonds. The molecule has 96 valence electrons. The molecular weight excluding hydrogens is 232 g/mol. The Kier molecular flexibility index (Phi) is 2.86. The predicted octanol–water partition coefficient (Wildman–Crippen LogP) is 3.64. The van der Waals surface area contributed by atoms with E-state index >= 15 is 0 Å². The molecule has 1 aliphatic rings. The third kappa shape index (κ3) is 2.03. The van der Waals surface area contributed by atoms with Crippen LogP contribution >= 0.6 is 0 Å². The third-order valence-corrected chi connectivity index (χ3v) is 3.74. The number of rotatable bonds is 1. The van der Waals surface area contributed by atoms with Crippen LogP contribution in [0.25, 0.3) is 0 Å². The molecule has 1 heterocycles. The number of nitrogens with zero attached hydrogens (tertiary/aromatic N) is 1. The number of hydrogen-bond donors (Lipinski definition) is 1. The van der Waals surface area contributed by atoms with Crippen LogP contribution in [0, 0.1) is 20.8 Å². The van der Waals surface area contributed by atoms with E-state index in [9.17, 15) is 0 Å². The summed E-state index contributed by atoms with van der Waals surface area (Å²) in [6.45, 7) is 6.50. The van der Waals surface area contributed by atoms with Crippen molar-refractivity contribution in [1.29, 1.82) is 0 Å². The topological polar surface area (TPSA) is 24.4 Å². The smallest absolute Gasteiger partial charge is 0.0951 e. The molecule has 0 aliphatic carbocycles. The summed E-state index contributed by atoms with van der Waals surface area (Å²) in [4.78, 5) is 0. The normalized spacial score (nSPS) is 16.9. The Bertz CT molecular complexity index is 633. The summed E-state index contributed by atoms with van der Waals surface area (Å²) in [7, 11) is 0. The molecule has 1 aliphatic heterocycles. The fourth-order valence-corrected chi connectivity index (χ4v) is 3.01. The highest BCUT2D eigenvalue weighted by Gasteiger charge is 2.22. The second-order valence-electron chi connectivity index (χ2n) is 5.26. The van der Waals surface area contributed by atoms with Gasteiger partial charge in [-0.25, -0.2) is 0 Å². The van der Waals surface area contributed by atoms with E-state index in [4.69, 9.17) is 0 Å². The molecule has 2 heteroatoms. The first kappa shape index (κ1) is 12.0. The average molecular weight is 250 g/mol. The van der Waals surface area contributed by atoms with Crippen molar-refractivity contribution < 1.29 is 0 Å². The fourth-order valence-electron chi connectivity index (χ4n) is 3.01. The van der Waals surface area contributed by atoms with Gasteiger partial charge >= 0.3 is 0 Å². The van der Waals surface area contributed by atoms with Crippen molar-refractivity contribution in [2.45, 2.75) is 26.8 Å². The molecule has 0 saturated carbocycles. The SMILES string of the molecule is Cc1cc(C)c(C2NN=Cc3ccccc32)c(C)c1. The van der Waals surface area contributed by atoms with Gasteiger partial charge in [-0.15, -0.1) is 0 Å². The maximum atomic E-state index is 4.31. The minimum Gasteiger partial charge on any atom is -0.298 e. The first-order valence-corrected chi connectivity index (χ1v) is 6.62. The molecule has 1 atom stereocenters. The van der Waals surface area contributed by atoms with Crippen molar-refractivity contribution in [1.82, 2.24) is 5.43 Å². The summed E-state index contributed by atoms with van der Waals surface area (Å²) in [5.41, 5.74) is 11.1. The minimum atomic E-state index is 0.154. The van der Waals surface area contributed by atoms with Crippen molar-refractivity contribution in [3.63, 3.8) is 0 Å². The molecule has 2 aromatic rings. The van der Waals surface area contributed by atoms with Crippen molar-refractivity contribution in [3.05, 3.63) is 69.8 Å². The fraction of sp³-hybridized carbons (Fsp3) is 0.235. The van der Waals surface area contributed by atoms with Crippen molar-refractivity contribution in [3.8, 4) is 0 Å². The van der Waals surface area contributed by atoms with E-state index in [0.29, 0.717) is 0 Å². The standard InChI is InChI=1S/C17H18N2/c1-11-8-12(2)16(13(3)9-11)17-15-7-5-4-6-14(15)10-18-19-17/h4-10,17,19H,1-3H3. The van der Waals surface area contributed by atoms with E-state index in [2.05, 4.69) is 67.7 Å². The summed E-state index contributed by atoms with van der Waals surface area (Å²) in [6.07, 6.45) is 1.89. The Morgan fingerprint density at radius 2 is 1.68 bits per heavy atom. The summed E-state index contributed by atoms with van der Waals surface area (Å²) in [5, 5.41) is 4.31. The summed E-state index contributed by atoms with van der Waals surface area (Å²) in [5.74, 6) is 0. The van der Waals surface area contributed by atoms with Crippen molar-refractivity contribution in [2.75, 3.05) is 0 Å². The minimum absolute atomic E-state index is 0.154.